The van der Waals surface area contributed by atoms with Gasteiger partial charge in [0, 0.05) is 0 Å². The zero-order valence-electron chi connectivity index (χ0n) is 5.93. The molecule has 12 heavy (non-hydrogen) atoms. The largest absolute Gasteiger partial charge is 0.507 e. The zero-order valence-corrected chi connectivity index (χ0v) is 6.75. The Morgan fingerprint density at radius 1 is 1.42 bits per heavy atom. The number of aromatic hydroxyl groups is 1. The lowest BCUT2D eigenvalue weighted by Gasteiger charge is -1.98. The summed E-state index contributed by atoms with van der Waals surface area (Å²) in [5, 5.41) is 9.00. The van der Waals surface area contributed by atoms with E-state index < -0.39 is 11.1 Å². The second kappa shape index (κ2) is 3.46. The van der Waals surface area contributed by atoms with Crippen molar-refractivity contribution in [2.75, 3.05) is 0 Å². The number of aldehydes is 1. The van der Waals surface area contributed by atoms with Gasteiger partial charge in [0.2, 0.25) is 0 Å². The zero-order chi connectivity index (χ0) is 9.14. The van der Waals surface area contributed by atoms with E-state index in [1.807, 2.05) is 0 Å². The molecule has 0 radical (unpaired) electrons. The van der Waals surface area contributed by atoms with Crippen molar-refractivity contribution in [2.24, 2.45) is 0 Å². The van der Waals surface area contributed by atoms with Crippen LogP contribution in [-0.2, 0) is 11.1 Å². The molecular weight excluding hydrogens is 180 g/mol. The van der Waals surface area contributed by atoms with Crippen LogP contribution in [0.5, 0.6) is 5.75 Å². The van der Waals surface area contributed by atoms with Gasteiger partial charge in [0.1, 0.15) is 5.75 Å². The van der Waals surface area contributed by atoms with Crippen LogP contribution in [0.4, 0.5) is 0 Å². The van der Waals surface area contributed by atoms with Crippen molar-refractivity contribution in [3.05, 3.63) is 23.8 Å². The first-order valence-corrected chi connectivity index (χ1v) is 4.15. The molecule has 0 aromatic heterocycles. The van der Waals surface area contributed by atoms with Gasteiger partial charge >= 0.3 is 0 Å². The van der Waals surface area contributed by atoms with Gasteiger partial charge in [-0.1, -0.05) is 0 Å². The number of benzene rings is 1. The highest BCUT2D eigenvalue weighted by Gasteiger charge is 2.04. The molecule has 2 N–H and O–H groups in total. The highest BCUT2D eigenvalue weighted by atomic mass is 32.2. The number of carbonyl (C=O) groups is 1. The van der Waals surface area contributed by atoms with Gasteiger partial charge in [-0.2, -0.15) is 0 Å². The average molecular weight is 186 g/mol. The molecule has 0 saturated carbocycles. The van der Waals surface area contributed by atoms with Crippen LogP contribution in [0.25, 0.3) is 0 Å². The summed E-state index contributed by atoms with van der Waals surface area (Å²) in [5.41, 5.74) is 0.00917. The van der Waals surface area contributed by atoms with E-state index in [1.54, 1.807) is 0 Å². The average Bonchev–Trinajstić information content (AvgIpc) is 2.05. The summed E-state index contributed by atoms with van der Waals surface area (Å²) in [6.07, 6.45) is 0.422. The number of rotatable bonds is 2. The van der Waals surface area contributed by atoms with Crippen molar-refractivity contribution in [3.63, 3.8) is 0 Å². The maximum Gasteiger partial charge on any atom is 0.186 e. The standard InChI is InChI=1S/C7H6O4S/c8-4-5-3-6(12(10)11)1-2-7(5)9/h1-4,9H,(H,10,11). The summed E-state index contributed by atoms with van der Waals surface area (Å²) in [6.45, 7) is 0. The Balaban J connectivity index is 3.22. The molecule has 0 amide bonds. The fourth-order valence-corrected chi connectivity index (χ4v) is 1.15. The van der Waals surface area contributed by atoms with E-state index >= 15 is 0 Å². The van der Waals surface area contributed by atoms with Crippen LogP contribution in [0.2, 0.25) is 0 Å². The monoisotopic (exact) mass is 186 g/mol. The number of hydrogen-bond acceptors (Lipinski definition) is 3. The van der Waals surface area contributed by atoms with E-state index in [4.69, 9.17) is 9.66 Å². The Bertz CT molecular complexity index is 334. The van der Waals surface area contributed by atoms with Gasteiger partial charge in [-0.25, -0.2) is 4.21 Å². The van der Waals surface area contributed by atoms with Crippen LogP contribution in [0, 0.1) is 0 Å². The lowest BCUT2D eigenvalue weighted by molar-refractivity contribution is 0.112. The molecule has 0 saturated heterocycles. The first-order valence-electron chi connectivity index (χ1n) is 3.04. The summed E-state index contributed by atoms with van der Waals surface area (Å²) < 4.78 is 19.1. The van der Waals surface area contributed by atoms with Crippen LogP contribution in [0.3, 0.4) is 0 Å². The molecule has 1 atom stereocenters. The van der Waals surface area contributed by atoms with Crippen molar-refractivity contribution in [1.82, 2.24) is 0 Å². The summed E-state index contributed by atoms with van der Waals surface area (Å²) in [7, 11) is 0. The van der Waals surface area contributed by atoms with Crippen molar-refractivity contribution in [3.8, 4) is 5.75 Å². The predicted molar refractivity (Wildman–Crippen MR) is 42.5 cm³/mol. The minimum atomic E-state index is -2.12. The van der Waals surface area contributed by atoms with E-state index in [9.17, 15) is 9.00 Å². The highest BCUT2D eigenvalue weighted by Crippen LogP contribution is 2.17. The molecule has 1 unspecified atom stereocenters. The van der Waals surface area contributed by atoms with Gasteiger partial charge in [-0.05, 0) is 18.2 Å². The van der Waals surface area contributed by atoms with E-state index in [2.05, 4.69) is 0 Å². The van der Waals surface area contributed by atoms with Crippen molar-refractivity contribution in [1.29, 1.82) is 0 Å². The Kier molecular flexibility index (Phi) is 2.57. The number of hydrogen-bond donors (Lipinski definition) is 2. The molecule has 1 aromatic carbocycles. The Hall–Kier alpha value is -1.20. The molecule has 1 rings (SSSR count). The van der Waals surface area contributed by atoms with Crippen molar-refractivity contribution < 1.29 is 18.7 Å². The molecule has 4 nitrogen and oxygen atoms in total. The fraction of sp³-hybridized carbons (Fsp3) is 0. The lowest BCUT2D eigenvalue weighted by atomic mass is 10.2. The number of phenols is 1. The molecule has 5 heteroatoms. The molecule has 64 valence electrons. The van der Waals surface area contributed by atoms with Crippen LogP contribution in [0.1, 0.15) is 10.4 Å². The molecule has 0 aliphatic rings. The number of phenolic OH excluding ortho intramolecular Hbond substituents is 1. The maximum absolute atomic E-state index is 10.5. The first-order chi connectivity index (χ1) is 5.65. The van der Waals surface area contributed by atoms with Gasteiger partial charge in [-0.15, -0.1) is 0 Å². The van der Waals surface area contributed by atoms with Crippen LogP contribution >= 0.6 is 0 Å². The second-order valence-corrected chi connectivity index (χ2v) is 3.06. The van der Waals surface area contributed by atoms with E-state index in [1.165, 1.54) is 18.2 Å². The molecule has 0 aliphatic carbocycles. The minimum Gasteiger partial charge on any atom is -0.507 e. The Labute approximate surface area is 71.1 Å². The van der Waals surface area contributed by atoms with Gasteiger partial charge in [0.15, 0.2) is 17.4 Å². The Morgan fingerprint density at radius 3 is 2.58 bits per heavy atom. The molecular formula is C7H6O4S. The normalized spacial score (nSPS) is 12.4. The quantitative estimate of drug-likeness (QED) is 0.528. The van der Waals surface area contributed by atoms with Crippen LogP contribution in [0.15, 0.2) is 23.1 Å². The topological polar surface area (TPSA) is 74.6 Å². The van der Waals surface area contributed by atoms with Crippen molar-refractivity contribution in [2.45, 2.75) is 4.90 Å². The van der Waals surface area contributed by atoms with Gasteiger partial charge in [0.25, 0.3) is 0 Å². The first kappa shape index (κ1) is 8.89. The predicted octanol–water partition coefficient (Wildman–Crippen LogP) is 0.785. The SMILES string of the molecule is O=Cc1cc(S(=O)O)ccc1O. The molecule has 0 bridgehead atoms. The molecule has 0 spiro atoms. The fourth-order valence-electron chi connectivity index (χ4n) is 0.736. The minimum absolute atomic E-state index is 0.00917. The second-order valence-electron chi connectivity index (χ2n) is 2.09. The third-order valence-corrected chi connectivity index (χ3v) is 1.98. The maximum atomic E-state index is 10.5. The molecule has 0 aliphatic heterocycles. The summed E-state index contributed by atoms with van der Waals surface area (Å²) in [5.74, 6) is -0.195. The van der Waals surface area contributed by atoms with Crippen LogP contribution in [-0.4, -0.2) is 20.2 Å². The van der Waals surface area contributed by atoms with Gasteiger partial charge < -0.3 is 9.66 Å². The molecule has 1 aromatic rings. The number of carbonyl (C=O) groups excluding carboxylic acids is 1. The van der Waals surface area contributed by atoms with Gasteiger partial charge in [0.05, 0.1) is 10.5 Å². The Morgan fingerprint density at radius 2 is 2.08 bits per heavy atom. The van der Waals surface area contributed by atoms with E-state index in [0.717, 1.165) is 0 Å². The van der Waals surface area contributed by atoms with E-state index in [-0.39, 0.29) is 16.2 Å². The third kappa shape index (κ3) is 1.69. The van der Waals surface area contributed by atoms with Crippen LogP contribution < -0.4 is 0 Å². The van der Waals surface area contributed by atoms with E-state index in [0.29, 0.717) is 6.29 Å². The smallest absolute Gasteiger partial charge is 0.186 e. The van der Waals surface area contributed by atoms with Gasteiger partial charge in [-0.3, -0.25) is 4.79 Å². The third-order valence-electron chi connectivity index (χ3n) is 1.33. The summed E-state index contributed by atoms with van der Waals surface area (Å²) >= 11 is -2.12. The summed E-state index contributed by atoms with van der Waals surface area (Å²) in [4.78, 5) is 10.4. The highest BCUT2D eigenvalue weighted by molar-refractivity contribution is 7.79. The van der Waals surface area contributed by atoms with Crippen molar-refractivity contribution >= 4 is 17.4 Å². The summed E-state index contributed by atoms with van der Waals surface area (Å²) in [6, 6.07) is 3.64. The lowest BCUT2D eigenvalue weighted by Crippen LogP contribution is -1.90. The molecule has 0 heterocycles. The molecule has 0 fully saturated rings.